The van der Waals surface area contributed by atoms with Crippen molar-refractivity contribution in [2.45, 2.75) is 38.5 Å². The Morgan fingerprint density at radius 1 is 1.46 bits per heavy atom. The van der Waals surface area contributed by atoms with Crippen molar-refractivity contribution in [1.29, 1.82) is 0 Å². The van der Waals surface area contributed by atoms with E-state index in [1.54, 1.807) is 22.9 Å². The van der Waals surface area contributed by atoms with Gasteiger partial charge in [0.2, 0.25) is 5.91 Å². The zero-order valence-electron chi connectivity index (χ0n) is 13.4. The maximum absolute atomic E-state index is 13.4. The number of hydrogen-bond donors (Lipinski definition) is 1. The van der Waals surface area contributed by atoms with Crippen LogP contribution in [0.3, 0.4) is 0 Å². The third-order valence-electron chi connectivity index (χ3n) is 4.26. The lowest BCUT2D eigenvalue weighted by molar-refractivity contribution is -0.157. The molecule has 0 saturated heterocycles. The fourth-order valence-corrected chi connectivity index (χ4v) is 3.06. The van der Waals surface area contributed by atoms with Gasteiger partial charge in [0, 0.05) is 11.4 Å². The molecule has 1 aromatic heterocycles. The van der Waals surface area contributed by atoms with Crippen LogP contribution < -0.4 is 5.32 Å². The molecule has 3 rings (SSSR count). The van der Waals surface area contributed by atoms with Crippen molar-refractivity contribution >= 4 is 23.2 Å². The minimum absolute atomic E-state index is 0.0312. The quantitative estimate of drug-likeness (QED) is 0.870. The van der Waals surface area contributed by atoms with Gasteiger partial charge in [0.25, 0.3) is 5.92 Å². The van der Waals surface area contributed by atoms with Gasteiger partial charge in [-0.05, 0) is 30.5 Å². The van der Waals surface area contributed by atoms with E-state index in [1.807, 2.05) is 19.9 Å². The second-order valence-corrected chi connectivity index (χ2v) is 6.77. The number of aromatic nitrogens is 2. The number of nitrogens with zero attached hydrogens (tertiary/aromatic N) is 2. The van der Waals surface area contributed by atoms with E-state index in [2.05, 4.69) is 10.4 Å². The van der Waals surface area contributed by atoms with Crippen LogP contribution in [0.2, 0.25) is 5.02 Å². The molecule has 1 heterocycles. The van der Waals surface area contributed by atoms with Crippen LogP contribution in [0.5, 0.6) is 0 Å². The Balaban J connectivity index is 1.91. The van der Waals surface area contributed by atoms with Gasteiger partial charge in [-0.3, -0.25) is 4.79 Å². The molecule has 7 heteroatoms. The zero-order valence-corrected chi connectivity index (χ0v) is 14.1. The fraction of sp³-hybridized carbons (Fsp3) is 0.412. The predicted molar refractivity (Wildman–Crippen MR) is 89.0 cm³/mol. The first-order valence-electron chi connectivity index (χ1n) is 7.82. The van der Waals surface area contributed by atoms with Gasteiger partial charge in [0.15, 0.2) is 0 Å². The predicted octanol–water partition coefficient (Wildman–Crippen LogP) is 4.63. The molecule has 128 valence electrons. The van der Waals surface area contributed by atoms with Crippen molar-refractivity contribution in [3.63, 3.8) is 0 Å². The van der Waals surface area contributed by atoms with Crippen molar-refractivity contribution in [2.24, 2.45) is 5.92 Å². The second kappa shape index (κ2) is 6.16. The molecule has 0 spiro atoms. The van der Waals surface area contributed by atoms with E-state index in [9.17, 15) is 13.6 Å². The number of carbonyl (C=O) groups excluding carboxylic acids is 1. The Kier molecular flexibility index (Phi) is 4.34. The molecule has 1 N–H and O–H groups in total. The van der Waals surface area contributed by atoms with Crippen LogP contribution >= 0.6 is 11.6 Å². The Morgan fingerprint density at radius 2 is 2.21 bits per heavy atom. The first-order valence-corrected chi connectivity index (χ1v) is 8.20. The van der Waals surface area contributed by atoms with Gasteiger partial charge < -0.3 is 5.32 Å². The van der Waals surface area contributed by atoms with E-state index in [0.717, 1.165) is 11.4 Å². The topological polar surface area (TPSA) is 46.9 Å². The normalized spacial score (nSPS) is 19.2. The molecule has 1 aromatic carbocycles. The molecule has 1 fully saturated rings. The van der Waals surface area contributed by atoms with Crippen LogP contribution in [0.15, 0.2) is 30.5 Å². The van der Waals surface area contributed by atoms with Crippen LogP contribution in [0.1, 0.15) is 38.3 Å². The van der Waals surface area contributed by atoms with Crippen LogP contribution in [-0.2, 0) is 4.79 Å². The summed E-state index contributed by atoms with van der Waals surface area (Å²) in [5.74, 6) is -4.79. The number of nitrogens with one attached hydrogen (secondary N) is 1. The van der Waals surface area contributed by atoms with Gasteiger partial charge in [-0.25, -0.2) is 13.5 Å². The van der Waals surface area contributed by atoms with Crippen molar-refractivity contribution in [3.8, 4) is 5.69 Å². The molecule has 2 aromatic rings. The summed E-state index contributed by atoms with van der Waals surface area (Å²) < 4.78 is 28.5. The van der Waals surface area contributed by atoms with Gasteiger partial charge in [-0.2, -0.15) is 5.10 Å². The molecule has 0 bridgehead atoms. The van der Waals surface area contributed by atoms with Gasteiger partial charge in [0.1, 0.15) is 5.92 Å². The van der Waals surface area contributed by atoms with E-state index >= 15 is 0 Å². The highest BCUT2D eigenvalue weighted by atomic mass is 35.5. The summed E-state index contributed by atoms with van der Waals surface area (Å²) >= 11 is 6.02. The minimum Gasteiger partial charge on any atom is -0.323 e. The molecule has 1 saturated carbocycles. The van der Waals surface area contributed by atoms with Gasteiger partial charge in [0.05, 0.1) is 23.3 Å². The number of halogens is 3. The SMILES string of the molecule is CC(C)c1c(NC(=O)C2CCC2(F)F)cnn1-c1cccc(Cl)c1. The molecule has 1 atom stereocenters. The molecule has 4 nitrogen and oxygen atoms in total. The number of amides is 1. The first-order chi connectivity index (χ1) is 11.3. The number of hydrogen-bond acceptors (Lipinski definition) is 2. The summed E-state index contributed by atoms with van der Waals surface area (Å²) in [5.41, 5.74) is 1.95. The number of anilines is 1. The summed E-state index contributed by atoms with van der Waals surface area (Å²) in [7, 11) is 0. The van der Waals surface area contributed by atoms with Crippen LogP contribution in [-0.4, -0.2) is 21.6 Å². The maximum atomic E-state index is 13.4. The molecule has 24 heavy (non-hydrogen) atoms. The van der Waals surface area contributed by atoms with Gasteiger partial charge in [-0.1, -0.05) is 31.5 Å². The summed E-state index contributed by atoms with van der Waals surface area (Å²) in [6.45, 7) is 3.90. The zero-order chi connectivity index (χ0) is 17.5. The monoisotopic (exact) mass is 353 g/mol. The lowest BCUT2D eigenvalue weighted by atomic mass is 9.80. The number of rotatable bonds is 4. The van der Waals surface area contributed by atoms with Gasteiger partial charge in [-0.15, -0.1) is 0 Å². The minimum atomic E-state index is -2.91. The molecular weight excluding hydrogens is 336 g/mol. The van der Waals surface area contributed by atoms with Crippen molar-refractivity contribution < 1.29 is 13.6 Å². The Labute approximate surface area is 143 Å². The van der Waals surface area contributed by atoms with Crippen LogP contribution in [0.25, 0.3) is 5.69 Å². The van der Waals surface area contributed by atoms with E-state index < -0.39 is 17.7 Å². The molecule has 0 radical (unpaired) electrons. The smallest absolute Gasteiger partial charge is 0.259 e. The maximum Gasteiger partial charge on any atom is 0.259 e. The summed E-state index contributed by atoms with van der Waals surface area (Å²) in [6.07, 6.45) is 1.47. The third kappa shape index (κ3) is 3.02. The van der Waals surface area contributed by atoms with E-state index in [4.69, 9.17) is 11.6 Å². The summed E-state index contributed by atoms with van der Waals surface area (Å²) in [5, 5.41) is 7.48. The fourth-order valence-electron chi connectivity index (χ4n) is 2.87. The first kappa shape index (κ1) is 16.9. The summed E-state index contributed by atoms with van der Waals surface area (Å²) in [4.78, 5) is 12.1. The average molecular weight is 354 g/mol. The molecule has 1 amide bonds. The summed E-state index contributed by atoms with van der Waals surface area (Å²) in [6, 6.07) is 7.16. The van der Waals surface area contributed by atoms with Crippen molar-refractivity contribution in [2.75, 3.05) is 5.32 Å². The van der Waals surface area contributed by atoms with Crippen LogP contribution in [0, 0.1) is 5.92 Å². The van der Waals surface area contributed by atoms with Crippen LogP contribution in [0.4, 0.5) is 14.5 Å². The van der Waals surface area contributed by atoms with Crippen molar-refractivity contribution in [1.82, 2.24) is 9.78 Å². The Bertz CT molecular complexity index is 773. The lowest BCUT2D eigenvalue weighted by Crippen LogP contribution is -2.46. The highest BCUT2D eigenvalue weighted by Crippen LogP contribution is 2.44. The molecule has 1 aliphatic rings. The highest BCUT2D eigenvalue weighted by molar-refractivity contribution is 6.30. The average Bonchev–Trinajstić information content (AvgIpc) is 2.89. The third-order valence-corrected chi connectivity index (χ3v) is 4.49. The Hall–Kier alpha value is -1.95. The number of benzene rings is 1. The number of alkyl halides is 2. The second-order valence-electron chi connectivity index (χ2n) is 6.33. The largest absolute Gasteiger partial charge is 0.323 e. The van der Waals surface area contributed by atoms with E-state index in [0.29, 0.717) is 10.7 Å². The van der Waals surface area contributed by atoms with E-state index in [-0.39, 0.29) is 18.8 Å². The van der Waals surface area contributed by atoms with E-state index in [1.165, 1.54) is 6.20 Å². The molecule has 1 unspecified atom stereocenters. The van der Waals surface area contributed by atoms with Crippen molar-refractivity contribution in [3.05, 3.63) is 41.2 Å². The standard InChI is InChI=1S/C17H18ClF2N3O/c1-10(2)15-14(22-16(24)13-6-7-17(13,19)20)9-21-23(15)12-5-3-4-11(18)8-12/h3-5,8-10,13H,6-7H2,1-2H3,(H,22,24). The molecule has 0 aliphatic heterocycles. The molecule has 1 aliphatic carbocycles. The lowest BCUT2D eigenvalue weighted by Gasteiger charge is -2.34. The highest BCUT2D eigenvalue weighted by Gasteiger charge is 2.52. The number of carbonyl (C=O) groups is 1. The van der Waals surface area contributed by atoms with Gasteiger partial charge >= 0.3 is 0 Å². The molecular formula is C17H18ClF2N3O. The Morgan fingerprint density at radius 3 is 2.75 bits per heavy atom.